The summed E-state index contributed by atoms with van der Waals surface area (Å²) in [7, 11) is 0. The third-order valence-electron chi connectivity index (χ3n) is 5.04. The smallest absolute Gasteiger partial charge is 0.295 e. The maximum absolute atomic E-state index is 13.2. The molecule has 2 N–H and O–H groups in total. The van der Waals surface area contributed by atoms with Gasteiger partial charge in [0.2, 0.25) is 11.0 Å². The number of amides is 1. The van der Waals surface area contributed by atoms with E-state index in [1.54, 1.807) is 18.2 Å². The zero-order chi connectivity index (χ0) is 20.7. The van der Waals surface area contributed by atoms with Crippen molar-refractivity contribution in [2.75, 3.05) is 16.4 Å². The fourth-order valence-electron chi connectivity index (χ4n) is 3.54. The number of unbranched alkanes of at least 4 members (excludes halogenated alkanes) is 1. The van der Waals surface area contributed by atoms with Gasteiger partial charge in [-0.3, -0.25) is 4.79 Å². The van der Waals surface area contributed by atoms with Gasteiger partial charge in [-0.2, -0.15) is 4.98 Å². The van der Waals surface area contributed by atoms with Gasteiger partial charge < -0.3 is 15.4 Å². The molecule has 5 rings (SSSR count). The van der Waals surface area contributed by atoms with Crippen LogP contribution in [0, 0.1) is 0 Å². The summed E-state index contributed by atoms with van der Waals surface area (Å²) >= 11 is 7.77. The molecule has 1 atom stereocenters. The lowest BCUT2D eigenvalue weighted by Crippen LogP contribution is -2.47. The minimum Gasteiger partial charge on any atom is -0.435 e. The first-order valence-electron chi connectivity index (χ1n) is 9.66. The minimum absolute atomic E-state index is 0.254. The molecule has 0 bridgehead atoms. The highest BCUT2D eigenvalue weighted by Crippen LogP contribution is 2.47. The van der Waals surface area contributed by atoms with Crippen LogP contribution in [0.4, 0.5) is 11.4 Å². The number of aromatic nitrogens is 3. The van der Waals surface area contributed by atoms with Crippen LogP contribution >= 0.6 is 23.4 Å². The Balaban J connectivity index is 1.67. The van der Waals surface area contributed by atoms with Crippen LogP contribution < -0.4 is 15.4 Å². The molecule has 1 spiro atoms. The lowest BCUT2D eigenvalue weighted by atomic mass is 10.0. The Morgan fingerprint density at radius 3 is 2.90 bits per heavy atom. The Hall–Kier alpha value is -2.84. The largest absolute Gasteiger partial charge is 0.435 e. The normalized spacial score (nSPS) is 18.5. The zero-order valence-electron chi connectivity index (χ0n) is 16.1. The summed E-state index contributed by atoms with van der Waals surface area (Å²) in [6, 6.07) is 12.8. The average molecular weight is 440 g/mol. The highest BCUT2D eigenvalue weighted by Gasteiger charge is 2.52. The number of carbonyl (C=O) groups excluding carboxylic acids is 1. The summed E-state index contributed by atoms with van der Waals surface area (Å²) in [5.74, 6) is 0.793. The molecule has 1 amide bonds. The monoisotopic (exact) mass is 439 g/mol. The molecule has 0 saturated carbocycles. The predicted molar refractivity (Wildman–Crippen MR) is 117 cm³/mol. The fraction of sp³-hybridized carbons (Fsp3) is 0.238. The number of hydrogen-bond acceptors (Lipinski definition) is 7. The average Bonchev–Trinajstić information content (AvgIpc) is 2.91. The lowest BCUT2D eigenvalue weighted by molar-refractivity contribution is -0.128. The number of nitrogens with zero attached hydrogens (tertiary/aromatic N) is 3. The molecule has 1 aromatic heterocycles. The molecule has 152 valence electrons. The van der Waals surface area contributed by atoms with Gasteiger partial charge in [0, 0.05) is 22.0 Å². The Bertz CT molecular complexity index is 1160. The van der Waals surface area contributed by atoms with Crippen LogP contribution in [0.1, 0.15) is 25.3 Å². The summed E-state index contributed by atoms with van der Waals surface area (Å²) in [4.78, 5) is 17.8. The van der Waals surface area contributed by atoms with Crippen molar-refractivity contribution in [2.24, 2.45) is 0 Å². The van der Waals surface area contributed by atoms with Crippen LogP contribution in [0.15, 0.2) is 47.6 Å². The van der Waals surface area contributed by atoms with Gasteiger partial charge in [-0.05, 0) is 30.7 Å². The Morgan fingerprint density at radius 2 is 2.03 bits per heavy atom. The van der Waals surface area contributed by atoms with Gasteiger partial charge in [0.25, 0.3) is 11.6 Å². The van der Waals surface area contributed by atoms with E-state index in [4.69, 9.17) is 16.3 Å². The van der Waals surface area contributed by atoms with Crippen LogP contribution in [0.5, 0.6) is 5.88 Å². The topological polar surface area (TPSA) is 89.0 Å². The highest BCUT2D eigenvalue weighted by atomic mass is 35.5. The van der Waals surface area contributed by atoms with Gasteiger partial charge in [0.15, 0.2) is 5.69 Å². The van der Waals surface area contributed by atoms with Crippen molar-refractivity contribution in [3.8, 4) is 17.1 Å². The molecule has 0 radical (unpaired) electrons. The summed E-state index contributed by atoms with van der Waals surface area (Å²) in [5.41, 5.74) is 1.67. The van der Waals surface area contributed by atoms with Crippen LogP contribution in [0.25, 0.3) is 11.3 Å². The summed E-state index contributed by atoms with van der Waals surface area (Å²) in [6.07, 6.45) is 2.13. The van der Waals surface area contributed by atoms with Gasteiger partial charge >= 0.3 is 0 Å². The number of benzene rings is 2. The zero-order valence-corrected chi connectivity index (χ0v) is 17.7. The fourth-order valence-corrected chi connectivity index (χ4v) is 4.57. The van der Waals surface area contributed by atoms with Gasteiger partial charge in [0.05, 0.1) is 11.3 Å². The van der Waals surface area contributed by atoms with E-state index in [1.807, 2.05) is 24.3 Å². The number of para-hydroxylation sites is 1. The van der Waals surface area contributed by atoms with Gasteiger partial charge in [-0.1, -0.05) is 54.9 Å². The summed E-state index contributed by atoms with van der Waals surface area (Å²) in [6.45, 7) is 2.13. The standard InChI is InChI=1S/C21H18ClN5O2S/c1-2-3-10-30-20-24-18-17(26-27-20)13-6-4-5-7-15(13)25-21(29-18)14-11-12(22)8-9-16(14)23-19(21)28/h4-9,11,25H,2-3,10H2,1H3,(H,23,28)/t21-/m0/s1. The molecule has 0 aliphatic carbocycles. The van der Waals surface area contributed by atoms with E-state index in [0.29, 0.717) is 32.8 Å². The van der Waals surface area contributed by atoms with E-state index in [2.05, 4.69) is 32.7 Å². The van der Waals surface area contributed by atoms with E-state index in [-0.39, 0.29) is 11.8 Å². The molecule has 2 aliphatic heterocycles. The van der Waals surface area contributed by atoms with Gasteiger partial charge in [-0.15, -0.1) is 10.2 Å². The Kier molecular flexibility index (Phi) is 4.75. The summed E-state index contributed by atoms with van der Waals surface area (Å²) in [5, 5.41) is 15.8. The third kappa shape index (κ3) is 3.07. The molecule has 3 heterocycles. The van der Waals surface area contributed by atoms with E-state index in [0.717, 1.165) is 24.2 Å². The second-order valence-corrected chi connectivity index (χ2v) is 8.55. The first-order chi connectivity index (χ1) is 14.6. The van der Waals surface area contributed by atoms with Crippen LogP contribution in [-0.4, -0.2) is 26.8 Å². The second kappa shape index (κ2) is 7.45. The number of thioether (sulfide) groups is 1. The predicted octanol–water partition coefficient (Wildman–Crippen LogP) is 4.69. The van der Waals surface area contributed by atoms with Crippen LogP contribution in [-0.2, 0) is 10.5 Å². The van der Waals surface area contributed by atoms with Crippen LogP contribution in [0.3, 0.4) is 0 Å². The van der Waals surface area contributed by atoms with Crippen molar-refractivity contribution in [1.82, 2.24) is 15.2 Å². The van der Waals surface area contributed by atoms with Crippen molar-refractivity contribution in [2.45, 2.75) is 30.6 Å². The molecular formula is C21H18ClN5O2S. The number of anilines is 2. The molecule has 7 nitrogen and oxygen atoms in total. The molecule has 2 aliphatic rings. The quantitative estimate of drug-likeness (QED) is 0.450. The maximum atomic E-state index is 13.2. The molecule has 30 heavy (non-hydrogen) atoms. The molecule has 0 unspecified atom stereocenters. The highest BCUT2D eigenvalue weighted by molar-refractivity contribution is 7.99. The van der Waals surface area contributed by atoms with E-state index in [9.17, 15) is 4.79 Å². The van der Waals surface area contributed by atoms with E-state index >= 15 is 0 Å². The SMILES string of the molecule is CCCCSc1nnc2c(n1)O[C@]1(Nc3ccccc3-2)C(=O)Nc2ccc(Cl)cc21. The number of carbonyl (C=O) groups is 1. The molecule has 0 fully saturated rings. The molecule has 0 saturated heterocycles. The number of halogens is 1. The van der Waals surface area contributed by atoms with E-state index < -0.39 is 5.72 Å². The first-order valence-corrected chi connectivity index (χ1v) is 11.0. The number of ether oxygens (including phenoxy) is 1. The van der Waals surface area contributed by atoms with Crippen molar-refractivity contribution in [3.05, 3.63) is 53.1 Å². The second-order valence-electron chi connectivity index (χ2n) is 7.05. The minimum atomic E-state index is -1.51. The van der Waals surface area contributed by atoms with Crippen molar-refractivity contribution >= 4 is 40.6 Å². The van der Waals surface area contributed by atoms with Gasteiger partial charge in [-0.25, -0.2) is 0 Å². The Morgan fingerprint density at radius 1 is 1.17 bits per heavy atom. The lowest BCUT2D eigenvalue weighted by Gasteiger charge is -2.28. The number of hydrogen-bond donors (Lipinski definition) is 2. The maximum Gasteiger partial charge on any atom is 0.295 e. The third-order valence-corrected chi connectivity index (χ3v) is 6.19. The Labute approximate surface area is 182 Å². The van der Waals surface area contributed by atoms with Gasteiger partial charge in [0.1, 0.15) is 0 Å². The van der Waals surface area contributed by atoms with Crippen molar-refractivity contribution < 1.29 is 9.53 Å². The first kappa shape index (κ1) is 19.1. The summed E-state index contributed by atoms with van der Waals surface area (Å²) < 4.78 is 6.32. The van der Waals surface area contributed by atoms with Crippen LogP contribution in [0.2, 0.25) is 5.02 Å². The number of rotatable bonds is 4. The number of nitrogens with one attached hydrogen (secondary N) is 2. The van der Waals surface area contributed by atoms with E-state index in [1.165, 1.54) is 11.8 Å². The number of fused-ring (bicyclic) bond motifs is 5. The van der Waals surface area contributed by atoms with Crippen molar-refractivity contribution in [3.63, 3.8) is 0 Å². The molecule has 2 aromatic carbocycles. The molecule has 9 heteroatoms. The molecule has 3 aromatic rings. The van der Waals surface area contributed by atoms with Crippen molar-refractivity contribution in [1.29, 1.82) is 0 Å². The molecular weight excluding hydrogens is 422 g/mol.